The first kappa shape index (κ1) is 24.0. The van der Waals surface area contributed by atoms with Crippen LogP contribution in [0.4, 0.5) is 10.1 Å². The Morgan fingerprint density at radius 2 is 1.67 bits per heavy atom. The molecular weight excluding hydrogens is 413 g/mol. The fourth-order valence-corrected chi connectivity index (χ4v) is 6.05. The number of rotatable bonds is 9. The average Bonchev–Trinajstić information content (AvgIpc) is 2.88. The van der Waals surface area contributed by atoms with Gasteiger partial charge in [-0.15, -0.1) is 0 Å². The summed E-state index contributed by atoms with van der Waals surface area (Å²) in [6, 6.07) is 15.6. The van der Waals surface area contributed by atoms with Gasteiger partial charge >= 0.3 is 0 Å². The van der Waals surface area contributed by atoms with E-state index in [-0.39, 0.29) is 11.7 Å². The Hall–Kier alpha value is -2.11. The van der Waals surface area contributed by atoms with Gasteiger partial charge in [0.15, 0.2) is 0 Å². The molecule has 0 amide bonds. The quantitative estimate of drug-likeness (QED) is 0.560. The van der Waals surface area contributed by atoms with Crippen LogP contribution >= 0.6 is 0 Å². The molecule has 4 rings (SSSR count). The van der Waals surface area contributed by atoms with Gasteiger partial charge in [-0.05, 0) is 61.0 Å². The second-order valence-corrected chi connectivity index (χ2v) is 9.71. The van der Waals surface area contributed by atoms with Crippen LogP contribution in [0.25, 0.3) is 0 Å². The van der Waals surface area contributed by atoms with Crippen molar-refractivity contribution in [2.24, 2.45) is 17.6 Å². The fourth-order valence-electron chi connectivity index (χ4n) is 6.05. The molecule has 4 nitrogen and oxygen atoms in total. The van der Waals surface area contributed by atoms with E-state index in [1.807, 2.05) is 24.3 Å². The molecule has 33 heavy (non-hydrogen) atoms. The number of halogens is 1. The summed E-state index contributed by atoms with van der Waals surface area (Å²) in [6.07, 6.45) is 7.35. The molecule has 2 atom stereocenters. The highest BCUT2D eigenvalue weighted by atomic mass is 19.1. The Morgan fingerprint density at radius 1 is 0.970 bits per heavy atom. The van der Waals surface area contributed by atoms with Crippen molar-refractivity contribution in [2.45, 2.75) is 44.4 Å². The first-order valence-electron chi connectivity index (χ1n) is 12.8. The number of benzene rings is 2. The van der Waals surface area contributed by atoms with E-state index in [0.29, 0.717) is 18.4 Å². The van der Waals surface area contributed by atoms with E-state index >= 15 is 0 Å². The molecule has 0 bridgehead atoms. The minimum atomic E-state index is -0.0715. The van der Waals surface area contributed by atoms with Gasteiger partial charge in [-0.3, -0.25) is 4.90 Å². The molecule has 0 radical (unpaired) electrons. The fraction of sp³-hybridized carbons (Fsp3) is 0.571. The number of nitrogens with two attached hydrogens (primary N) is 1. The maximum absolute atomic E-state index is 14.9. The summed E-state index contributed by atoms with van der Waals surface area (Å²) in [5.74, 6) is 2.03. The van der Waals surface area contributed by atoms with E-state index in [4.69, 9.17) is 10.5 Å². The third-order valence-corrected chi connectivity index (χ3v) is 7.90. The average molecular weight is 454 g/mol. The Labute approximate surface area is 198 Å². The number of anilines is 1. The topological polar surface area (TPSA) is 41.7 Å². The molecule has 180 valence electrons. The van der Waals surface area contributed by atoms with Crippen molar-refractivity contribution in [3.05, 3.63) is 59.9 Å². The molecule has 2 aromatic carbocycles. The number of hydrogen-bond acceptors (Lipinski definition) is 4. The van der Waals surface area contributed by atoms with Crippen molar-refractivity contribution in [1.82, 2.24) is 4.90 Å². The number of para-hydroxylation sites is 2. The summed E-state index contributed by atoms with van der Waals surface area (Å²) in [5.41, 5.74) is 8.39. The molecule has 1 aliphatic heterocycles. The Kier molecular flexibility index (Phi) is 8.63. The molecule has 2 fully saturated rings. The van der Waals surface area contributed by atoms with Crippen LogP contribution in [-0.2, 0) is 0 Å². The summed E-state index contributed by atoms with van der Waals surface area (Å²) < 4.78 is 20.5. The summed E-state index contributed by atoms with van der Waals surface area (Å²) in [4.78, 5) is 4.95. The molecule has 1 saturated heterocycles. The zero-order valence-corrected chi connectivity index (χ0v) is 20.1. The van der Waals surface area contributed by atoms with Gasteiger partial charge in [0.25, 0.3) is 0 Å². The minimum absolute atomic E-state index is 0.0715. The molecule has 2 N–H and O–H groups in total. The lowest BCUT2D eigenvalue weighted by Crippen LogP contribution is -2.47. The molecule has 0 unspecified atom stereocenters. The molecule has 0 spiro atoms. The van der Waals surface area contributed by atoms with Crippen LogP contribution in [0.5, 0.6) is 5.75 Å². The van der Waals surface area contributed by atoms with Crippen molar-refractivity contribution in [3.63, 3.8) is 0 Å². The van der Waals surface area contributed by atoms with Crippen LogP contribution < -0.4 is 15.4 Å². The molecule has 2 aromatic rings. The second-order valence-electron chi connectivity index (χ2n) is 9.71. The third kappa shape index (κ3) is 5.88. The van der Waals surface area contributed by atoms with Gasteiger partial charge in [-0.2, -0.15) is 0 Å². The Bertz CT molecular complexity index is 862. The van der Waals surface area contributed by atoms with Crippen molar-refractivity contribution >= 4 is 5.69 Å². The Morgan fingerprint density at radius 3 is 2.36 bits per heavy atom. The summed E-state index contributed by atoms with van der Waals surface area (Å²) >= 11 is 0. The highest BCUT2D eigenvalue weighted by Crippen LogP contribution is 2.40. The molecule has 1 saturated carbocycles. The lowest BCUT2D eigenvalue weighted by atomic mass is 9.71. The normalized spacial score (nSPS) is 19.9. The van der Waals surface area contributed by atoms with Crippen LogP contribution in [0.2, 0.25) is 0 Å². The zero-order chi connectivity index (χ0) is 23.0. The third-order valence-electron chi connectivity index (χ3n) is 7.90. The smallest absolute Gasteiger partial charge is 0.142 e. The van der Waals surface area contributed by atoms with Gasteiger partial charge in [0.2, 0.25) is 0 Å². The predicted molar refractivity (Wildman–Crippen MR) is 135 cm³/mol. The van der Waals surface area contributed by atoms with Crippen LogP contribution in [0.15, 0.2) is 48.5 Å². The van der Waals surface area contributed by atoms with E-state index in [0.717, 1.165) is 50.5 Å². The van der Waals surface area contributed by atoms with Crippen LogP contribution in [0, 0.1) is 17.7 Å². The minimum Gasteiger partial charge on any atom is -0.495 e. The van der Waals surface area contributed by atoms with Crippen LogP contribution in [0.1, 0.15) is 50.0 Å². The highest BCUT2D eigenvalue weighted by Gasteiger charge is 2.32. The Balaban J connectivity index is 1.41. The maximum atomic E-state index is 14.9. The molecule has 5 heteroatoms. The molecule has 1 aliphatic carbocycles. The van der Waals surface area contributed by atoms with Crippen molar-refractivity contribution < 1.29 is 9.13 Å². The lowest BCUT2D eigenvalue weighted by Gasteiger charge is -2.39. The van der Waals surface area contributed by atoms with Crippen molar-refractivity contribution in [2.75, 3.05) is 51.3 Å². The first-order valence-corrected chi connectivity index (χ1v) is 12.8. The number of ether oxygens (including phenoxy) is 1. The van der Waals surface area contributed by atoms with Gasteiger partial charge in [-0.1, -0.05) is 62.4 Å². The van der Waals surface area contributed by atoms with E-state index in [1.54, 1.807) is 19.2 Å². The van der Waals surface area contributed by atoms with E-state index in [1.165, 1.54) is 37.8 Å². The maximum Gasteiger partial charge on any atom is 0.142 e. The van der Waals surface area contributed by atoms with E-state index in [2.05, 4.69) is 21.9 Å². The summed E-state index contributed by atoms with van der Waals surface area (Å²) in [7, 11) is 1.73. The SMILES string of the molecule is COc1ccccc1N1CCN(CC[C@@H](c2ccccc2F)[C@H](CN)C2CCCCC2)CC1. The molecular formula is C28H40FN3O. The van der Waals surface area contributed by atoms with Crippen molar-refractivity contribution in [1.29, 1.82) is 0 Å². The summed E-state index contributed by atoms with van der Waals surface area (Å²) in [5, 5.41) is 0. The number of methoxy groups -OCH3 is 1. The van der Waals surface area contributed by atoms with E-state index in [9.17, 15) is 4.39 Å². The predicted octanol–water partition coefficient (Wildman–Crippen LogP) is 5.29. The second kappa shape index (κ2) is 11.8. The van der Waals surface area contributed by atoms with Crippen LogP contribution in [-0.4, -0.2) is 51.3 Å². The number of nitrogens with zero attached hydrogens (tertiary/aromatic N) is 2. The lowest BCUT2D eigenvalue weighted by molar-refractivity contribution is 0.188. The molecule has 0 aromatic heterocycles. The van der Waals surface area contributed by atoms with Gasteiger partial charge in [0, 0.05) is 26.2 Å². The molecule has 1 heterocycles. The number of hydrogen-bond donors (Lipinski definition) is 1. The monoisotopic (exact) mass is 453 g/mol. The van der Waals surface area contributed by atoms with Gasteiger partial charge < -0.3 is 15.4 Å². The van der Waals surface area contributed by atoms with Gasteiger partial charge in [0.05, 0.1) is 12.8 Å². The first-order chi connectivity index (χ1) is 16.2. The van der Waals surface area contributed by atoms with Gasteiger partial charge in [-0.25, -0.2) is 4.39 Å². The summed E-state index contributed by atoms with van der Waals surface area (Å²) in [6.45, 7) is 5.62. The largest absolute Gasteiger partial charge is 0.495 e. The van der Waals surface area contributed by atoms with Gasteiger partial charge in [0.1, 0.15) is 11.6 Å². The van der Waals surface area contributed by atoms with Crippen LogP contribution in [0.3, 0.4) is 0 Å². The zero-order valence-electron chi connectivity index (χ0n) is 20.1. The van der Waals surface area contributed by atoms with Crippen molar-refractivity contribution in [3.8, 4) is 5.75 Å². The van der Waals surface area contributed by atoms with E-state index < -0.39 is 0 Å². The standard InChI is InChI=1S/C28H40FN3O/c1-33-28-14-8-7-13-27(28)32-19-17-31(18-20-32)16-15-23(24-11-5-6-12-26(24)29)25(21-30)22-9-3-2-4-10-22/h5-8,11-14,22-23,25H,2-4,9-10,15-21,30H2,1H3/t23-,25+/m0/s1. The highest BCUT2D eigenvalue weighted by molar-refractivity contribution is 5.58. The number of piperazine rings is 1. The molecule has 2 aliphatic rings.